The van der Waals surface area contributed by atoms with Crippen LogP contribution in [-0.4, -0.2) is 34.1 Å². The van der Waals surface area contributed by atoms with Gasteiger partial charge in [0, 0.05) is 49.2 Å². The van der Waals surface area contributed by atoms with Crippen LogP contribution < -0.4 is 5.32 Å². The summed E-state index contributed by atoms with van der Waals surface area (Å²) in [6, 6.07) is 9.14. The molecule has 4 nitrogen and oxygen atoms in total. The van der Waals surface area contributed by atoms with Crippen LogP contribution in [-0.2, 0) is 13.6 Å². The third kappa shape index (κ3) is 3.05. The van der Waals surface area contributed by atoms with Gasteiger partial charge in [0.05, 0.1) is 6.04 Å². The zero-order valence-electron chi connectivity index (χ0n) is 11.6. The van der Waals surface area contributed by atoms with E-state index in [1.165, 1.54) is 9.13 Å². The molecule has 1 saturated heterocycles. The molecule has 0 aliphatic carbocycles. The first-order valence-corrected chi connectivity index (χ1v) is 7.98. The predicted octanol–water partition coefficient (Wildman–Crippen LogP) is 2.17. The van der Waals surface area contributed by atoms with E-state index >= 15 is 0 Å². The van der Waals surface area contributed by atoms with Crippen molar-refractivity contribution in [2.24, 2.45) is 7.05 Å². The van der Waals surface area contributed by atoms with Crippen molar-refractivity contribution in [1.29, 1.82) is 0 Å². The molecule has 2 heterocycles. The zero-order valence-corrected chi connectivity index (χ0v) is 13.7. The maximum atomic E-state index is 4.53. The van der Waals surface area contributed by atoms with Crippen molar-refractivity contribution in [2.75, 3.05) is 19.6 Å². The van der Waals surface area contributed by atoms with E-state index < -0.39 is 0 Å². The number of nitrogens with zero attached hydrogens (tertiary/aromatic N) is 3. The Morgan fingerprint density at radius 1 is 1.35 bits per heavy atom. The van der Waals surface area contributed by atoms with E-state index in [1.54, 1.807) is 0 Å². The predicted molar refractivity (Wildman–Crippen MR) is 88.4 cm³/mol. The molecule has 1 unspecified atom stereocenters. The summed E-state index contributed by atoms with van der Waals surface area (Å²) in [5, 5.41) is 3.48. The van der Waals surface area contributed by atoms with E-state index in [9.17, 15) is 0 Å². The number of halogens is 1. The Morgan fingerprint density at radius 2 is 2.15 bits per heavy atom. The van der Waals surface area contributed by atoms with E-state index in [4.69, 9.17) is 0 Å². The summed E-state index contributed by atoms with van der Waals surface area (Å²) in [7, 11) is 2.07. The average molecular weight is 382 g/mol. The molecule has 0 amide bonds. The lowest BCUT2D eigenvalue weighted by Gasteiger charge is -2.35. The second kappa shape index (κ2) is 6.24. The molecule has 106 valence electrons. The standard InChI is InChI=1S/C15H19IN4/c1-19-8-7-18-15(19)14-10-17-6-9-20(14)11-12-2-4-13(16)5-3-12/h2-5,7-8,14,17H,6,9-11H2,1H3. The topological polar surface area (TPSA) is 33.1 Å². The van der Waals surface area contributed by atoms with Crippen LogP contribution >= 0.6 is 22.6 Å². The van der Waals surface area contributed by atoms with Gasteiger partial charge >= 0.3 is 0 Å². The minimum atomic E-state index is 0.350. The van der Waals surface area contributed by atoms with Crippen molar-refractivity contribution in [2.45, 2.75) is 12.6 Å². The third-order valence-electron chi connectivity index (χ3n) is 3.81. The number of hydrogen-bond donors (Lipinski definition) is 1. The molecule has 0 bridgehead atoms. The van der Waals surface area contributed by atoms with Gasteiger partial charge in [-0.2, -0.15) is 0 Å². The molecule has 1 aromatic carbocycles. The van der Waals surface area contributed by atoms with Crippen LogP contribution in [0.5, 0.6) is 0 Å². The Kier molecular flexibility index (Phi) is 4.38. The van der Waals surface area contributed by atoms with Gasteiger partial charge in [-0.1, -0.05) is 12.1 Å². The summed E-state index contributed by atoms with van der Waals surface area (Å²) in [6.07, 6.45) is 3.90. The molecule has 1 fully saturated rings. The van der Waals surface area contributed by atoms with Crippen molar-refractivity contribution in [1.82, 2.24) is 19.8 Å². The first kappa shape index (κ1) is 14.0. The number of hydrogen-bond acceptors (Lipinski definition) is 3. The minimum Gasteiger partial charge on any atom is -0.337 e. The second-order valence-electron chi connectivity index (χ2n) is 5.21. The minimum absolute atomic E-state index is 0.350. The van der Waals surface area contributed by atoms with Gasteiger partial charge in [-0.3, -0.25) is 4.90 Å². The molecule has 1 aromatic heterocycles. The maximum Gasteiger partial charge on any atom is 0.127 e. The highest BCUT2D eigenvalue weighted by Gasteiger charge is 2.26. The van der Waals surface area contributed by atoms with Crippen molar-refractivity contribution < 1.29 is 0 Å². The fourth-order valence-corrected chi connectivity index (χ4v) is 3.07. The van der Waals surface area contributed by atoms with Crippen molar-refractivity contribution in [3.05, 3.63) is 51.6 Å². The summed E-state index contributed by atoms with van der Waals surface area (Å²) in [5.74, 6) is 1.14. The number of benzene rings is 1. The fraction of sp³-hybridized carbons (Fsp3) is 0.400. The average Bonchev–Trinajstić information content (AvgIpc) is 2.88. The lowest BCUT2D eigenvalue weighted by molar-refractivity contribution is 0.145. The Bertz CT molecular complexity index is 564. The summed E-state index contributed by atoms with van der Waals surface area (Å²) in [4.78, 5) is 7.04. The van der Waals surface area contributed by atoms with Gasteiger partial charge in [0.1, 0.15) is 5.82 Å². The van der Waals surface area contributed by atoms with Crippen LogP contribution in [0.3, 0.4) is 0 Å². The molecule has 0 saturated carbocycles. The molecular weight excluding hydrogens is 363 g/mol. The molecular formula is C15H19IN4. The number of aromatic nitrogens is 2. The molecule has 1 atom stereocenters. The Labute approximate surface area is 133 Å². The zero-order chi connectivity index (χ0) is 13.9. The van der Waals surface area contributed by atoms with Gasteiger partial charge in [-0.15, -0.1) is 0 Å². The second-order valence-corrected chi connectivity index (χ2v) is 6.46. The summed E-state index contributed by atoms with van der Waals surface area (Å²) in [6.45, 7) is 4.06. The molecule has 2 aromatic rings. The number of aryl methyl sites for hydroxylation is 1. The van der Waals surface area contributed by atoms with E-state index in [0.717, 1.165) is 32.0 Å². The summed E-state index contributed by atoms with van der Waals surface area (Å²) < 4.78 is 3.41. The van der Waals surface area contributed by atoms with Crippen molar-refractivity contribution >= 4 is 22.6 Å². The van der Waals surface area contributed by atoms with Gasteiger partial charge in [0.2, 0.25) is 0 Å². The Hall–Kier alpha value is -0.920. The van der Waals surface area contributed by atoms with E-state index in [1.807, 2.05) is 12.4 Å². The van der Waals surface area contributed by atoms with Gasteiger partial charge in [-0.25, -0.2) is 4.98 Å². The summed E-state index contributed by atoms with van der Waals surface area (Å²) in [5.41, 5.74) is 1.37. The number of nitrogens with one attached hydrogen (secondary N) is 1. The maximum absolute atomic E-state index is 4.53. The van der Waals surface area contributed by atoms with Crippen molar-refractivity contribution in [3.8, 4) is 0 Å². The quantitative estimate of drug-likeness (QED) is 0.827. The van der Waals surface area contributed by atoms with Crippen LogP contribution in [0.15, 0.2) is 36.7 Å². The normalized spacial score (nSPS) is 20.2. The highest BCUT2D eigenvalue weighted by molar-refractivity contribution is 14.1. The number of piperazine rings is 1. The number of rotatable bonds is 3. The Balaban J connectivity index is 1.79. The van der Waals surface area contributed by atoms with Crippen LogP contribution in [0.4, 0.5) is 0 Å². The third-order valence-corrected chi connectivity index (χ3v) is 4.53. The van der Waals surface area contributed by atoms with E-state index in [-0.39, 0.29) is 0 Å². The van der Waals surface area contributed by atoms with Gasteiger partial charge in [0.15, 0.2) is 0 Å². The summed E-state index contributed by atoms with van der Waals surface area (Å²) >= 11 is 2.35. The van der Waals surface area contributed by atoms with Gasteiger partial charge in [-0.05, 0) is 40.3 Å². The SMILES string of the molecule is Cn1ccnc1C1CNCCN1Cc1ccc(I)cc1. The van der Waals surface area contributed by atoms with Gasteiger partial charge in [0.25, 0.3) is 0 Å². The monoisotopic (exact) mass is 382 g/mol. The highest BCUT2D eigenvalue weighted by atomic mass is 127. The van der Waals surface area contributed by atoms with Crippen molar-refractivity contribution in [3.63, 3.8) is 0 Å². The fourth-order valence-electron chi connectivity index (χ4n) is 2.71. The van der Waals surface area contributed by atoms with Crippen LogP contribution in [0.2, 0.25) is 0 Å². The molecule has 0 spiro atoms. The molecule has 5 heteroatoms. The smallest absolute Gasteiger partial charge is 0.127 e. The first-order chi connectivity index (χ1) is 9.74. The highest BCUT2D eigenvalue weighted by Crippen LogP contribution is 2.22. The molecule has 1 aliphatic rings. The molecule has 1 aliphatic heterocycles. The molecule has 0 radical (unpaired) electrons. The largest absolute Gasteiger partial charge is 0.337 e. The Morgan fingerprint density at radius 3 is 2.85 bits per heavy atom. The van der Waals surface area contributed by atoms with Crippen LogP contribution in [0.1, 0.15) is 17.4 Å². The lowest BCUT2D eigenvalue weighted by atomic mass is 10.1. The first-order valence-electron chi connectivity index (χ1n) is 6.90. The lowest BCUT2D eigenvalue weighted by Crippen LogP contribution is -2.46. The molecule has 3 rings (SSSR count). The van der Waals surface area contributed by atoms with E-state index in [0.29, 0.717) is 6.04 Å². The molecule has 20 heavy (non-hydrogen) atoms. The number of imidazole rings is 1. The van der Waals surface area contributed by atoms with Crippen LogP contribution in [0, 0.1) is 3.57 Å². The van der Waals surface area contributed by atoms with Crippen LogP contribution in [0.25, 0.3) is 0 Å². The molecule has 1 N–H and O–H groups in total. The van der Waals surface area contributed by atoms with Gasteiger partial charge < -0.3 is 9.88 Å². The van der Waals surface area contributed by atoms with E-state index in [2.05, 4.69) is 73.7 Å².